The van der Waals surface area contributed by atoms with Crippen LogP contribution in [0.15, 0.2) is 27.7 Å². The number of furan rings is 1. The van der Waals surface area contributed by atoms with Crippen LogP contribution >= 0.6 is 11.3 Å². The van der Waals surface area contributed by atoms with Crippen LogP contribution in [0.1, 0.15) is 44.5 Å². The first kappa shape index (κ1) is 13.1. The summed E-state index contributed by atoms with van der Waals surface area (Å²) in [7, 11) is 0. The molecule has 0 unspecified atom stereocenters. The Morgan fingerprint density at radius 1 is 1.40 bits per heavy atom. The lowest BCUT2D eigenvalue weighted by Crippen LogP contribution is -2.16. The highest BCUT2D eigenvalue weighted by Crippen LogP contribution is 2.29. The standard InChI is InChI=1S/C15H16N2O2S/c1-10-6-7-12(19-10)9-16-17-15(18)14-8-11-4-2-3-5-13(11)20-14/h6-9H,2-5H2,1H3,(H,17,18)/b16-9-. The van der Waals surface area contributed by atoms with E-state index in [1.54, 1.807) is 11.3 Å². The van der Waals surface area contributed by atoms with E-state index in [2.05, 4.69) is 10.5 Å². The van der Waals surface area contributed by atoms with Crippen LogP contribution in [-0.2, 0) is 12.8 Å². The largest absolute Gasteiger partial charge is 0.460 e. The molecule has 0 bridgehead atoms. The summed E-state index contributed by atoms with van der Waals surface area (Å²) in [5, 5.41) is 3.93. The Morgan fingerprint density at radius 2 is 2.25 bits per heavy atom. The Balaban J connectivity index is 1.64. The second-order valence-electron chi connectivity index (χ2n) is 4.91. The predicted octanol–water partition coefficient (Wildman–Crippen LogP) is 3.29. The van der Waals surface area contributed by atoms with Crippen LogP contribution < -0.4 is 5.43 Å². The zero-order chi connectivity index (χ0) is 13.9. The molecule has 1 amide bonds. The van der Waals surface area contributed by atoms with Crippen LogP contribution in [0.3, 0.4) is 0 Å². The zero-order valence-corrected chi connectivity index (χ0v) is 12.1. The molecule has 2 aromatic rings. The summed E-state index contributed by atoms with van der Waals surface area (Å²) < 4.78 is 5.34. The van der Waals surface area contributed by atoms with E-state index >= 15 is 0 Å². The van der Waals surface area contributed by atoms with E-state index in [4.69, 9.17) is 4.42 Å². The molecule has 0 spiro atoms. The molecule has 1 aliphatic rings. The van der Waals surface area contributed by atoms with E-state index < -0.39 is 0 Å². The summed E-state index contributed by atoms with van der Waals surface area (Å²) >= 11 is 1.58. The maximum absolute atomic E-state index is 12.0. The molecule has 0 atom stereocenters. The molecule has 0 saturated heterocycles. The molecule has 0 fully saturated rings. The number of carbonyl (C=O) groups excluding carboxylic acids is 1. The number of amides is 1. The minimum Gasteiger partial charge on any atom is -0.460 e. The van der Waals surface area contributed by atoms with E-state index in [0.29, 0.717) is 5.76 Å². The molecule has 1 N–H and O–H groups in total. The maximum atomic E-state index is 12.0. The van der Waals surface area contributed by atoms with E-state index in [9.17, 15) is 4.79 Å². The van der Waals surface area contributed by atoms with Crippen molar-refractivity contribution in [3.05, 3.63) is 45.0 Å². The van der Waals surface area contributed by atoms with Gasteiger partial charge in [-0.15, -0.1) is 11.3 Å². The lowest BCUT2D eigenvalue weighted by Gasteiger charge is -2.08. The first-order valence-corrected chi connectivity index (χ1v) is 7.55. The number of hydrogen-bond donors (Lipinski definition) is 1. The summed E-state index contributed by atoms with van der Waals surface area (Å²) in [5.41, 5.74) is 3.88. The van der Waals surface area contributed by atoms with Gasteiger partial charge in [-0.1, -0.05) is 0 Å². The van der Waals surface area contributed by atoms with Crippen molar-refractivity contribution in [1.29, 1.82) is 0 Å². The number of fused-ring (bicyclic) bond motifs is 1. The molecule has 104 valence electrons. The topological polar surface area (TPSA) is 54.6 Å². The first-order chi connectivity index (χ1) is 9.72. The minimum absolute atomic E-state index is 0.149. The van der Waals surface area contributed by atoms with E-state index in [1.807, 2.05) is 25.1 Å². The average Bonchev–Trinajstić information content (AvgIpc) is 3.04. The number of rotatable bonds is 3. The van der Waals surface area contributed by atoms with Crippen LogP contribution in [0.25, 0.3) is 0 Å². The van der Waals surface area contributed by atoms with Crippen LogP contribution in [0.4, 0.5) is 0 Å². The monoisotopic (exact) mass is 288 g/mol. The van der Waals surface area contributed by atoms with Crippen molar-refractivity contribution < 1.29 is 9.21 Å². The number of hydrazone groups is 1. The van der Waals surface area contributed by atoms with Crippen LogP contribution in [0, 0.1) is 6.92 Å². The maximum Gasteiger partial charge on any atom is 0.281 e. The van der Waals surface area contributed by atoms with Gasteiger partial charge in [0.1, 0.15) is 11.5 Å². The Labute approximate surface area is 121 Å². The Bertz CT molecular complexity index is 631. The van der Waals surface area contributed by atoms with Crippen molar-refractivity contribution in [2.24, 2.45) is 5.10 Å². The third-order valence-electron chi connectivity index (χ3n) is 3.34. The molecule has 2 heterocycles. The van der Waals surface area contributed by atoms with Crippen molar-refractivity contribution in [3.8, 4) is 0 Å². The molecule has 4 nitrogen and oxygen atoms in total. The summed E-state index contributed by atoms with van der Waals surface area (Å²) in [6.45, 7) is 1.87. The normalized spacial score (nSPS) is 14.4. The summed E-state index contributed by atoms with van der Waals surface area (Å²) in [4.78, 5) is 14.1. The Kier molecular flexibility index (Phi) is 3.69. The lowest BCUT2D eigenvalue weighted by molar-refractivity contribution is 0.0959. The number of hydrogen-bond acceptors (Lipinski definition) is 4. The summed E-state index contributed by atoms with van der Waals surface area (Å²) in [6.07, 6.45) is 6.15. The van der Waals surface area contributed by atoms with Gasteiger partial charge >= 0.3 is 0 Å². The summed E-state index contributed by atoms with van der Waals surface area (Å²) in [5.74, 6) is 1.31. The smallest absolute Gasteiger partial charge is 0.281 e. The van der Waals surface area contributed by atoms with Crippen molar-refractivity contribution in [3.63, 3.8) is 0 Å². The number of nitrogens with zero attached hydrogens (tertiary/aromatic N) is 1. The minimum atomic E-state index is -0.149. The van der Waals surface area contributed by atoms with Gasteiger partial charge in [-0.3, -0.25) is 4.79 Å². The van der Waals surface area contributed by atoms with Crippen molar-refractivity contribution >= 4 is 23.5 Å². The third kappa shape index (κ3) is 2.82. The Morgan fingerprint density at radius 3 is 3.00 bits per heavy atom. The second-order valence-corrected chi connectivity index (χ2v) is 6.05. The zero-order valence-electron chi connectivity index (χ0n) is 11.3. The first-order valence-electron chi connectivity index (χ1n) is 6.74. The van der Waals surface area contributed by atoms with E-state index in [-0.39, 0.29) is 5.91 Å². The number of nitrogens with one attached hydrogen (secondary N) is 1. The number of carbonyl (C=O) groups is 1. The molecule has 0 aromatic carbocycles. The van der Waals surface area contributed by atoms with Gasteiger partial charge in [0.05, 0.1) is 11.1 Å². The fourth-order valence-corrected chi connectivity index (χ4v) is 3.48. The molecule has 2 aromatic heterocycles. The molecule has 20 heavy (non-hydrogen) atoms. The molecule has 5 heteroatoms. The third-order valence-corrected chi connectivity index (χ3v) is 4.58. The highest BCUT2D eigenvalue weighted by Gasteiger charge is 2.16. The molecular weight excluding hydrogens is 272 g/mol. The quantitative estimate of drug-likeness (QED) is 0.696. The van der Waals surface area contributed by atoms with Gasteiger partial charge < -0.3 is 4.42 Å². The van der Waals surface area contributed by atoms with Gasteiger partial charge in [0, 0.05) is 4.88 Å². The van der Waals surface area contributed by atoms with Crippen LogP contribution in [0.5, 0.6) is 0 Å². The summed E-state index contributed by atoms with van der Waals surface area (Å²) in [6, 6.07) is 5.67. The van der Waals surface area contributed by atoms with Crippen molar-refractivity contribution in [2.75, 3.05) is 0 Å². The van der Waals surface area contributed by atoms with Gasteiger partial charge in [-0.05, 0) is 56.4 Å². The average molecular weight is 288 g/mol. The molecule has 0 radical (unpaired) electrons. The van der Waals surface area contributed by atoms with Gasteiger partial charge in [-0.25, -0.2) is 5.43 Å². The number of aryl methyl sites for hydroxylation is 3. The van der Waals surface area contributed by atoms with Crippen LogP contribution in [0.2, 0.25) is 0 Å². The highest BCUT2D eigenvalue weighted by molar-refractivity contribution is 7.14. The fourth-order valence-electron chi connectivity index (χ4n) is 2.33. The molecule has 0 saturated carbocycles. The molecular formula is C15H16N2O2S. The van der Waals surface area contributed by atoms with Crippen molar-refractivity contribution in [2.45, 2.75) is 32.6 Å². The highest BCUT2D eigenvalue weighted by atomic mass is 32.1. The lowest BCUT2D eigenvalue weighted by atomic mass is 9.99. The Hall–Kier alpha value is -1.88. The van der Waals surface area contributed by atoms with E-state index in [0.717, 1.165) is 23.5 Å². The predicted molar refractivity (Wildman–Crippen MR) is 79.5 cm³/mol. The van der Waals surface area contributed by atoms with Gasteiger partial charge in [0.15, 0.2) is 0 Å². The fraction of sp³-hybridized carbons (Fsp3) is 0.333. The van der Waals surface area contributed by atoms with Crippen LogP contribution in [-0.4, -0.2) is 12.1 Å². The van der Waals surface area contributed by atoms with Gasteiger partial charge in [0.25, 0.3) is 5.91 Å². The van der Waals surface area contributed by atoms with Gasteiger partial charge in [-0.2, -0.15) is 5.10 Å². The van der Waals surface area contributed by atoms with E-state index in [1.165, 1.54) is 29.5 Å². The second kappa shape index (κ2) is 5.63. The van der Waals surface area contributed by atoms with Crippen molar-refractivity contribution in [1.82, 2.24) is 5.43 Å². The van der Waals surface area contributed by atoms with Gasteiger partial charge in [0.2, 0.25) is 0 Å². The number of thiophene rings is 1. The molecule has 0 aliphatic heterocycles. The molecule has 1 aliphatic carbocycles. The molecule has 3 rings (SSSR count). The SMILES string of the molecule is Cc1ccc(/C=N\NC(=O)c2cc3c(s2)CCCC3)o1.